The van der Waals surface area contributed by atoms with Crippen molar-refractivity contribution in [1.82, 2.24) is 9.97 Å². The van der Waals surface area contributed by atoms with Crippen LogP contribution in [0.3, 0.4) is 0 Å². The van der Waals surface area contributed by atoms with Crippen LogP contribution in [0.5, 0.6) is 0 Å². The Morgan fingerprint density at radius 2 is 2.12 bits per heavy atom. The largest absolute Gasteiger partial charge is 0.395 e. The number of rotatable bonds is 4. The molecule has 0 saturated carbocycles. The van der Waals surface area contributed by atoms with Crippen LogP contribution in [-0.2, 0) is 23.1 Å². The lowest BCUT2D eigenvalue weighted by molar-refractivity contribution is -0.116. The molecule has 1 aromatic heterocycles. The minimum atomic E-state index is -0.418. The molecule has 2 N–H and O–H groups in total. The molecule has 1 unspecified atom stereocenters. The van der Waals surface area contributed by atoms with E-state index >= 15 is 4.39 Å². The van der Waals surface area contributed by atoms with E-state index in [2.05, 4.69) is 21.4 Å². The fourth-order valence-electron chi connectivity index (χ4n) is 5.00. The molecule has 34 heavy (non-hydrogen) atoms. The smallest absolute Gasteiger partial charge is 0.227 e. The summed E-state index contributed by atoms with van der Waals surface area (Å²) >= 11 is 0. The molecule has 1 aliphatic heterocycles. The molecule has 1 amide bonds. The first-order chi connectivity index (χ1) is 16.3. The van der Waals surface area contributed by atoms with Gasteiger partial charge in [0.25, 0.3) is 0 Å². The number of nitriles is 1. The number of fused-ring (bicyclic) bond motifs is 2. The lowest BCUT2D eigenvalue weighted by atomic mass is 9.83. The molecule has 172 valence electrons. The van der Waals surface area contributed by atoms with Gasteiger partial charge in [0.15, 0.2) is 5.82 Å². The molecule has 7 nitrogen and oxygen atoms in total. The molecule has 0 spiro atoms. The maximum Gasteiger partial charge on any atom is 0.227 e. The lowest BCUT2D eigenvalue weighted by Crippen LogP contribution is -2.25. The van der Waals surface area contributed by atoms with E-state index < -0.39 is 11.2 Å². The highest BCUT2D eigenvalue weighted by Crippen LogP contribution is 2.42. The second kappa shape index (κ2) is 8.19. The van der Waals surface area contributed by atoms with Gasteiger partial charge in [0.1, 0.15) is 0 Å². The van der Waals surface area contributed by atoms with Gasteiger partial charge in [0.2, 0.25) is 11.9 Å². The molecule has 2 heterocycles. The Morgan fingerprint density at radius 1 is 1.29 bits per heavy atom. The maximum absolute atomic E-state index is 15.2. The Morgan fingerprint density at radius 3 is 2.85 bits per heavy atom. The van der Waals surface area contributed by atoms with Gasteiger partial charge in [-0.05, 0) is 60.7 Å². The number of benzene rings is 2. The van der Waals surface area contributed by atoms with Gasteiger partial charge in [0.05, 0.1) is 29.6 Å². The van der Waals surface area contributed by atoms with E-state index in [4.69, 9.17) is 0 Å². The number of halogens is 1. The minimum Gasteiger partial charge on any atom is -0.395 e. The molecule has 5 rings (SSSR count). The average Bonchev–Trinajstić information content (AvgIpc) is 3.43. The van der Waals surface area contributed by atoms with Gasteiger partial charge in [-0.3, -0.25) is 4.79 Å². The fourth-order valence-corrected chi connectivity index (χ4v) is 5.00. The van der Waals surface area contributed by atoms with Gasteiger partial charge in [0, 0.05) is 41.9 Å². The number of aliphatic hydroxyl groups is 1. The van der Waals surface area contributed by atoms with Crippen LogP contribution in [0.4, 0.5) is 21.7 Å². The summed E-state index contributed by atoms with van der Waals surface area (Å²) in [6.07, 6.45) is 3.57. The molecule has 2 aliphatic rings. The van der Waals surface area contributed by atoms with Crippen LogP contribution in [0, 0.1) is 17.1 Å². The number of aromatic nitrogens is 2. The van der Waals surface area contributed by atoms with Crippen LogP contribution in [-0.4, -0.2) is 34.1 Å². The fraction of sp³-hybridized carbons (Fsp3) is 0.308. The van der Waals surface area contributed by atoms with Crippen molar-refractivity contribution >= 4 is 23.2 Å². The van der Waals surface area contributed by atoms with E-state index in [0.29, 0.717) is 35.5 Å². The number of carbonyl (C=O) groups excluding carboxylic acids is 1. The zero-order valence-corrected chi connectivity index (χ0v) is 19.0. The first-order valence-corrected chi connectivity index (χ1v) is 11.2. The molecule has 1 aliphatic carbocycles. The van der Waals surface area contributed by atoms with Gasteiger partial charge in [-0.2, -0.15) is 5.26 Å². The zero-order chi connectivity index (χ0) is 24.0. The standard InChI is InChI=1S/C26H24FN5O2/c1-15(34)32-10-7-19-23(32)4-3-22(24(19)27)31-25-29-9-6-21(30-25)16-11-17(13-28)18-5-8-26(2,14-33)20(18)12-16/h3-4,6,9,11-12,33H,5,7-8,10,14H2,1-2H3,(H,29,30,31). The van der Waals surface area contributed by atoms with E-state index in [9.17, 15) is 15.2 Å². The van der Waals surface area contributed by atoms with Gasteiger partial charge in [-0.1, -0.05) is 6.92 Å². The van der Waals surface area contributed by atoms with Crippen molar-refractivity contribution in [2.45, 2.75) is 38.5 Å². The summed E-state index contributed by atoms with van der Waals surface area (Å²) in [5.41, 5.74) is 4.80. The molecular formula is C26H24FN5O2. The number of nitrogens with one attached hydrogen (secondary N) is 1. The minimum absolute atomic E-state index is 0.00354. The second-order valence-electron chi connectivity index (χ2n) is 9.12. The average molecular weight is 458 g/mol. The molecule has 0 fully saturated rings. The summed E-state index contributed by atoms with van der Waals surface area (Å²) in [5, 5.41) is 22.6. The van der Waals surface area contributed by atoms with Gasteiger partial charge < -0.3 is 15.3 Å². The number of carbonyl (C=O) groups is 1. The van der Waals surface area contributed by atoms with Gasteiger partial charge >= 0.3 is 0 Å². The number of hydrogen-bond acceptors (Lipinski definition) is 6. The zero-order valence-electron chi connectivity index (χ0n) is 19.0. The van der Waals surface area contributed by atoms with Crippen molar-refractivity contribution in [3.05, 3.63) is 64.6 Å². The van der Waals surface area contributed by atoms with Crippen molar-refractivity contribution in [3.8, 4) is 17.3 Å². The Balaban J connectivity index is 1.49. The normalized spacial score (nSPS) is 18.4. The topological polar surface area (TPSA) is 102 Å². The van der Waals surface area contributed by atoms with Crippen molar-refractivity contribution in [3.63, 3.8) is 0 Å². The first kappa shape index (κ1) is 22.0. The van der Waals surface area contributed by atoms with Crippen LogP contribution in [0.15, 0.2) is 36.5 Å². The van der Waals surface area contributed by atoms with Crippen molar-refractivity contribution in [1.29, 1.82) is 5.26 Å². The summed E-state index contributed by atoms with van der Waals surface area (Å²) in [6, 6.07) is 11.1. The molecule has 8 heteroatoms. The number of anilines is 3. The van der Waals surface area contributed by atoms with Crippen LogP contribution < -0.4 is 10.2 Å². The summed E-state index contributed by atoms with van der Waals surface area (Å²) in [4.78, 5) is 22.2. The van der Waals surface area contributed by atoms with E-state index in [1.165, 1.54) is 6.92 Å². The van der Waals surface area contributed by atoms with Gasteiger partial charge in [-0.25, -0.2) is 14.4 Å². The third kappa shape index (κ3) is 3.49. The number of amides is 1. The number of aliphatic hydroxyl groups excluding tert-OH is 1. The predicted molar refractivity (Wildman–Crippen MR) is 126 cm³/mol. The highest BCUT2D eigenvalue weighted by Gasteiger charge is 2.35. The molecule has 0 radical (unpaired) electrons. The molecule has 1 atom stereocenters. The lowest BCUT2D eigenvalue weighted by Gasteiger charge is -2.23. The first-order valence-electron chi connectivity index (χ1n) is 11.2. The summed E-state index contributed by atoms with van der Waals surface area (Å²) in [7, 11) is 0. The van der Waals surface area contributed by atoms with E-state index in [1.807, 2.05) is 13.0 Å². The monoisotopic (exact) mass is 457 g/mol. The van der Waals surface area contributed by atoms with Crippen molar-refractivity contribution in [2.75, 3.05) is 23.4 Å². The Labute approximate surface area is 196 Å². The van der Waals surface area contributed by atoms with E-state index in [0.717, 1.165) is 29.5 Å². The van der Waals surface area contributed by atoms with Crippen LogP contribution in [0.1, 0.15) is 42.5 Å². The third-order valence-corrected chi connectivity index (χ3v) is 6.97. The SMILES string of the molecule is CC(=O)N1CCc2c1ccc(Nc1nccc(-c3cc(C#N)c4c(c3)C(C)(CO)CC4)n1)c2F. The van der Waals surface area contributed by atoms with Crippen molar-refractivity contribution < 1.29 is 14.3 Å². The second-order valence-corrected chi connectivity index (χ2v) is 9.12. The predicted octanol–water partition coefficient (Wildman–Crippen LogP) is 4.00. The molecule has 3 aromatic rings. The van der Waals surface area contributed by atoms with Crippen LogP contribution >= 0.6 is 0 Å². The Bertz CT molecular complexity index is 1370. The molecule has 2 aromatic carbocycles. The molecular weight excluding hydrogens is 433 g/mol. The highest BCUT2D eigenvalue weighted by molar-refractivity contribution is 5.94. The number of nitrogens with zero attached hydrogens (tertiary/aromatic N) is 4. The van der Waals surface area contributed by atoms with Crippen LogP contribution in [0.2, 0.25) is 0 Å². The van der Waals surface area contributed by atoms with E-state index in [1.54, 1.807) is 35.4 Å². The Kier molecular flexibility index (Phi) is 5.29. The third-order valence-electron chi connectivity index (χ3n) is 6.97. The maximum atomic E-state index is 15.2. The summed E-state index contributed by atoms with van der Waals surface area (Å²) in [6.45, 7) is 3.94. The van der Waals surface area contributed by atoms with E-state index in [-0.39, 0.29) is 24.1 Å². The Hall–Kier alpha value is -3.83. The van der Waals surface area contributed by atoms with Crippen LogP contribution in [0.25, 0.3) is 11.3 Å². The number of hydrogen-bond donors (Lipinski definition) is 2. The highest BCUT2D eigenvalue weighted by atomic mass is 19.1. The molecule has 0 saturated heterocycles. The summed E-state index contributed by atoms with van der Waals surface area (Å²) in [5.74, 6) is -0.307. The van der Waals surface area contributed by atoms with Gasteiger partial charge in [-0.15, -0.1) is 0 Å². The van der Waals surface area contributed by atoms with Crippen molar-refractivity contribution in [2.24, 2.45) is 0 Å². The quantitative estimate of drug-likeness (QED) is 0.614. The molecule has 0 bridgehead atoms. The summed E-state index contributed by atoms with van der Waals surface area (Å²) < 4.78 is 15.2.